The van der Waals surface area contributed by atoms with Crippen molar-refractivity contribution in [2.75, 3.05) is 7.11 Å². The predicted octanol–water partition coefficient (Wildman–Crippen LogP) is 0.923. The van der Waals surface area contributed by atoms with Gasteiger partial charge in [-0.25, -0.2) is 9.18 Å². The second-order valence-electron chi connectivity index (χ2n) is 3.26. The van der Waals surface area contributed by atoms with Crippen LogP contribution in [0.4, 0.5) is 4.39 Å². The third-order valence-corrected chi connectivity index (χ3v) is 2.05. The fourth-order valence-corrected chi connectivity index (χ4v) is 1.16. The van der Waals surface area contributed by atoms with Crippen LogP contribution >= 0.6 is 0 Å². The molecule has 5 heteroatoms. The van der Waals surface area contributed by atoms with Crippen molar-refractivity contribution in [3.8, 4) is 0 Å². The van der Waals surface area contributed by atoms with Gasteiger partial charge >= 0.3 is 11.9 Å². The Morgan fingerprint density at radius 3 is 2.69 bits per heavy atom. The van der Waals surface area contributed by atoms with Crippen LogP contribution < -0.4 is 5.32 Å². The first-order valence-electron chi connectivity index (χ1n) is 4.65. The number of benzene rings is 1. The van der Waals surface area contributed by atoms with E-state index in [9.17, 15) is 14.0 Å². The molecule has 1 N–H and O–H groups in total. The Balaban J connectivity index is 2.58. The van der Waals surface area contributed by atoms with E-state index in [1.807, 2.05) is 0 Å². The summed E-state index contributed by atoms with van der Waals surface area (Å²) in [6.45, 7) is 1.79. The van der Waals surface area contributed by atoms with Gasteiger partial charge in [0.1, 0.15) is 5.82 Å². The number of ether oxygens (including phenoxy) is 1. The van der Waals surface area contributed by atoms with Gasteiger partial charge in [0.15, 0.2) is 0 Å². The molecular formula is C11H12FNO3. The Morgan fingerprint density at radius 1 is 1.44 bits per heavy atom. The summed E-state index contributed by atoms with van der Waals surface area (Å²) in [5.74, 6) is -2.06. The van der Waals surface area contributed by atoms with Gasteiger partial charge in [-0.05, 0) is 24.1 Å². The molecule has 0 aliphatic heterocycles. The highest BCUT2D eigenvalue weighted by Gasteiger charge is 2.12. The molecule has 0 saturated heterocycles. The van der Waals surface area contributed by atoms with Crippen LogP contribution in [0.2, 0.25) is 0 Å². The van der Waals surface area contributed by atoms with E-state index in [4.69, 9.17) is 0 Å². The Morgan fingerprint density at radius 2 is 2.12 bits per heavy atom. The Hall–Kier alpha value is -1.91. The Bertz CT molecular complexity index is 418. The number of hydrogen-bond acceptors (Lipinski definition) is 3. The highest BCUT2D eigenvalue weighted by molar-refractivity contribution is 6.32. The van der Waals surface area contributed by atoms with Crippen molar-refractivity contribution in [1.29, 1.82) is 0 Å². The van der Waals surface area contributed by atoms with Gasteiger partial charge in [0.2, 0.25) is 0 Å². The van der Waals surface area contributed by atoms with Crippen LogP contribution in [0.1, 0.15) is 11.1 Å². The van der Waals surface area contributed by atoms with Crippen molar-refractivity contribution in [1.82, 2.24) is 5.32 Å². The fraction of sp³-hybridized carbons (Fsp3) is 0.273. The minimum atomic E-state index is -0.946. The van der Waals surface area contributed by atoms with Crippen LogP contribution in [-0.2, 0) is 20.9 Å². The highest BCUT2D eigenvalue weighted by atomic mass is 19.1. The topological polar surface area (TPSA) is 55.4 Å². The van der Waals surface area contributed by atoms with Crippen LogP contribution in [0.25, 0.3) is 0 Å². The molecule has 1 aromatic carbocycles. The van der Waals surface area contributed by atoms with E-state index in [0.717, 1.165) is 12.7 Å². The van der Waals surface area contributed by atoms with Gasteiger partial charge in [-0.1, -0.05) is 12.1 Å². The molecule has 0 heterocycles. The number of carbonyl (C=O) groups excluding carboxylic acids is 2. The summed E-state index contributed by atoms with van der Waals surface area (Å²) < 4.78 is 17.2. The molecule has 0 bridgehead atoms. The van der Waals surface area contributed by atoms with E-state index in [0.29, 0.717) is 5.56 Å². The van der Waals surface area contributed by atoms with E-state index in [2.05, 4.69) is 10.1 Å². The lowest BCUT2D eigenvalue weighted by molar-refractivity contribution is -0.152. The maximum Gasteiger partial charge on any atom is 0.396 e. The van der Waals surface area contributed by atoms with Crippen molar-refractivity contribution in [2.45, 2.75) is 13.5 Å². The lowest BCUT2D eigenvalue weighted by Crippen LogP contribution is -2.31. The average Bonchev–Trinajstić information content (AvgIpc) is 2.29. The molecule has 0 aromatic heterocycles. The zero-order chi connectivity index (χ0) is 12.1. The summed E-state index contributed by atoms with van der Waals surface area (Å²) in [4.78, 5) is 21.8. The molecule has 1 aromatic rings. The molecule has 0 aliphatic carbocycles. The number of nitrogens with one attached hydrogen (secondary N) is 1. The van der Waals surface area contributed by atoms with Crippen LogP contribution in [0.15, 0.2) is 18.2 Å². The number of amides is 1. The van der Waals surface area contributed by atoms with E-state index < -0.39 is 11.9 Å². The molecule has 0 radical (unpaired) electrons. The molecule has 0 atom stereocenters. The van der Waals surface area contributed by atoms with E-state index in [1.165, 1.54) is 6.07 Å². The molecule has 4 nitrogen and oxygen atoms in total. The molecule has 0 saturated carbocycles. The van der Waals surface area contributed by atoms with Crippen molar-refractivity contribution in [3.63, 3.8) is 0 Å². The summed E-state index contributed by atoms with van der Waals surface area (Å²) in [6, 6.07) is 4.46. The van der Waals surface area contributed by atoms with Gasteiger partial charge in [-0.2, -0.15) is 0 Å². The number of rotatable bonds is 2. The first-order chi connectivity index (χ1) is 7.54. The molecule has 0 unspecified atom stereocenters. The Labute approximate surface area is 92.4 Å². The van der Waals surface area contributed by atoms with Crippen LogP contribution in [-0.4, -0.2) is 19.0 Å². The zero-order valence-corrected chi connectivity index (χ0v) is 9.04. The van der Waals surface area contributed by atoms with Gasteiger partial charge in [-0.15, -0.1) is 0 Å². The van der Waals surface area contributed by atoms with E-state index >= 15 is 0 Å². The maximum atomic E-state index is 12.9. The quantitative estimate of drug-likeness (QED) is 0.601. The van der Waals surface area contributed by atoms with Crippen molar-refractivity contribution >= 4 is 11.9 Å². The molecular weight excluding hydrogens is 213 g/mol. The average molecular weight is 225 g/mol. The minimum Gasteiger partial charge on any atom is -0.462 e. The number of hydrogen-bond donors (Lipinski definition) is 1. The lowest BCUT2D eigenvalue weighted by Gasteiger charge is -2.05. The van der Waals surface area contributed by atoms with Crippen molar-refractivity contribution in [2.24, 2.45) is 0 Å². The fourth-order valence-electron chi connectivity index (χ4n) is 1.16. The summed E-state index contributed by atoms with van der Waals surface area (Å²) in [7, 11) is 1.13. The summed E-state index contributed by atoms with van der Waals surface area (Å²) >= 11 is 0. The molecule has 0 fully saturated rings. The van der Waals surface area contributed by atoms with Crippen LogP contribution in [0, 0.1) is 12.7 Å². The number of methoxy groups -OCH3 is 1. The molecule has 1 rings (SSSR count). The van der Waals surface area contributed by atoms with Crippen LogP contribution in [0.3, 0.4) is 0 Å². The molecule has 0 spiro atoms. The first kappa shape index (κ1) is 12.2. The largest absolute Gasteiger partial charge is 0.462 e. The van der Waals surface area contributed by atoms with E-state index in [-0.39, 0.29) is 12.4 Å². The number of halogens is 1. The maximum absolute atomic E-state index is 12.9. The van der Waals surface area contributed by atoms with E-state index in [1.54, 1.807) is 19.1 Å². The molecule has 1 amide bonds. The highest BCUT2D eigenvalue weighted by Crippen LogP contribution is 2.08. The molecule has 86 valence electrons. The summed E-state index contributed by atoms with van der Waals surface area (Å²) in [5, 5.41) is 2.36. The van der Waals surface area contributed by atoms with Gasteiger partial charge < -0.3 is 10.1 Å². The van der Waals surface area contributed by atoms with Gasteiger partial charge in [0.25, 0.3) is 0 Å². The number of carbonyl (C=O) groups is 2. The zero-order valence-electron chi connectivity index (χ0n) is 9.04. The first-order valence-corrected chi connectivity index (χ1v) is 4.65. The predicted molar refractivity (Wildman–Crippen MR) is 55.0 cm³/mol. The van der Waals surface area contributed by atoms with Crippen molar-refractivity contribution < 1.29 is 18.7 Å². The van der Waals surface area contributed by atoms with Crippen molar-refractivity contribution in [3.05, 3.63) is 35.1 Å². The lowest BCUT2D eigenvalue weighted by atomic mass is 10.1. The summed E-state index contributed by atoms with van der Waals surface area (Å²) in [6.07, 6.45) is 0. The summed E-state index contributed by atoms with van der Waals surface area (Å²) in [5.41, 5.74) is 1.21. The van der Waals surface area contributed by atoms with Gasteiger partial charge in [0.05, 0.1) is 7.11 Å². The van der Waals surface area contributed by atoms with Gasteiger partial charge in [0, 0.05) is 6.54 Å². The molecule has 0 aliphatic rings. The number of esters is 1. The monoisotopic (exact) mass is 225 g/mol. The second kappa shape index (κ2) is 5.25. The SMILES string of the molecule is COC(=O)C(=O)NCc1ccc(F)c(C)c1. The number of aryl methyl sites for hydroxylation is 1. The second-order valence-corrected chi connectivity index (χ2v) is 3.26. The van der Waals surface area contributed by atoms with Gasteiger partial charge in [-0.3, -0.25) is 4.79 Å². The smallest absolute Gasteiger partial charge is 0.396 e. The minimum absolute atomic E-state index is 0.162. The third-order valence-electron chi connectivity index (χ3n) is 2.05. The molecule has 16 heavy (non-hydrogen) atoms. The normalized spacial score (nSPS) is 9.69. The third kappa shape index (κ3) is 3.05. The standard InChI is InChI=1S/C11H12FNO3/c1-7-5-8(3-4-9(7)12)6-13-10(14)11(15)16-2/h3-5H,6H2,1-2H3,(H,13,14). The van der Waals surface area contributed by atoms with Crippen LogP contribution in [0.5, 0.6) is 0 Å². The Kier molecular flexibility index (Phi) is 3.99.